The van der Waals surface area contributed by atoms with Gasteiger partial charge in [0, 0.05) is 10.2 Å². The molecular formula is C24H23BrN2O7S. The van der Waals surface area contributed by atoms with Gasteiger partial charge in [-0.1, -0.05) is 33.6 Å². The molecule has 2 aromatic rings. The van der Waals surface area contributed by atoms with Crippen LogP contribution in [0, 0.1) is 13.8 Å². The molecule has 1 fully saturated rings. The molecule has 11 heteroatoms. The molecule has 0 aromatic heterocycles. The normalized spacial score (nSPS) is 14.3. The number of hydrogen-bond acceptors (Lipinski definition) is 8. The van der Waals surface area contributed by atoms with Crippen molar-refractivity contribution in [1.29, 1.82) is 0 Å². The quantitative estimate of drug-likeness (QED) is 0.374. The van der Waals surface area contributed by atoms with Crippen LogP contribution >= 0.6 is 27.7 Å². The highest BCUT2D eigenvalue weighted by Gasteiger charge is 2.36. The standard InChI is InChI=1S/C24H23BrN2O7S/c1-13-5-6-17(14(2)7-13)26-21(28)11-27-23(30)20(35-24(27)31)9-15-8-18(32-3)19(10-16(15)25)34-12-22(29)33-4/h5-10H,11-12H2,1-4H3,(H,26,28)/b20-9+. The first-order valence-corrected chi connectivity index (χ1v) is 11.9. The van der Waals surface area contributed by atoms with Crippen LogP contribution in [0.1, 0.15) is 16.7 Å². The molecule has 1 saturated heterocycles. The van der Waals surface area contributed by atoms with E-state index in [0.717, 1.165) is 27.8 Å². The van der Waals surface area contributed by atoms with Crippen LogP contribution in [0.5, 0.6) is 11.5 Å². The van der Waals surface area contributed by atoms with Gasteiger partial charge < -0.3 is 19.5 Å². The summed E-state index contributed by atoms with van der Waals surface area (Å²) in [7, 11) is 2.68. The minimum Gasteiger partial charge on any atom is -0.493 e. The SMILES string of the molecule is COC(=O)COc1cc(Br)c(/C=C2/SC(=O)N(CC(=O)Nc3ccc(C)cc3C)C2=O)cc1OC. The van der Waals surface area contributed by atoms with E-state index in [2.05, 4.69) is 26.0 Å². The summed E-state index contributed by atoms with van der Waals surface area (Å²) in [4.78, 5) is 50.3. The van der Waals surface area contributed by atoms with Crippen LogP contribution in [0.15, 0.2) is 39.7 Å². The molecular weight excluding hydrogens is 540 g/mol. The number of nitrogens with one attached hydrogen (secondary N) is 1. The average molecular weight is 563 g/mol. The maximum absolute atomic E-state index is 12.9. The summed E-state index contributed by atoms with van der Waals surface area (Å²) >= 11 is 4.14. The van der Waals surface area contributed by atoms with E-state index in [-0.39, 0.29) is 17.3 Å². The van der Waals surface area contributed by atoms with Crippen molar-refractivity contribution in [2.75, 3.05) is 32.7 Å². The van der Waals surface area contributed by atoms with Crippen molar-refractivity contribution in [2.24, 2.45) is 0 Å². The number of esters is 1. The summed E-state index contributed by atoms with van der Waals surface area (Å²) in [6.07, 6.45) is 1.52. The number of benzene rings is 2. The zero-order valence-corrected chi connectivity index (χ0v) is 21.9. The van der Waals surface area contributed by atoms with Gasteiger partial charge in [-0.15, -0.1) is 0 Å². The van der Waals surface area contributed by atoms with Gasteiger partial charge in [0.25, 0.3) is 11.1 Å². The molecule has 1 aliphatic rings. The number of carbonyl (C=O) groups excluding carboxylic acids is 4. The van der Waals surface area contributed by atoms with Gasteiger partial charge in [0.05, 0.1) is 19.1 Å². The average Bonchev–Trinajstić information content (AvgIpc) is 3.07. The molecule has 1 heterocycles. The van der Waals surface area contributed by atoms with Crippen molar-refractivity contribution in [2.45, 2.75) is 13.8 Å². The molecule has 2 aromatic carbocycles. The molecule has 0 radical (unpaired) electrons. The Kier molecular flexibility index (Phi) is 8.57. The zero-order valence-electron chi connectivity index (χ0n) is 19.5. The molecule has 3 amide bonds. The van der Waals surface area contributed by atoms with E-state index >= 15 is 0 Å². The first-order chi connectivity index (χ1) is 16.6. The molecule has 0 aliphatic carbocycles. The number of nitrogens with zero attached hydrogens (tertiary/aromatic N) is 1. The highest BCUT2D eigenvalue weighted by molar-refractivity contribution is 9.10. The molecule has 0 atom stereocenters. The fourth-order valence-corrected chi connectivity index (χ4v) is 4.46. The van der Waals surface area contributed by atoms with Gasteiger partial charge in [-0.2, -0.15) is 0 Å². The highest BCUT2D eigenvalue weighted by atomic mass is 79.9. The van der Waals surface area contributed by atoms with Crippen LogP contribution in [0.4, 0.5) is 10.5 Å². The second kappa shape index (κ2) is 11.4. The van der Waals surface area contributed by atoms with E-state index in [0.29, 0.717) is 21.5 Å². The maximum Gasteiger partial charge on any atom is 0.343 e. The van der Waals surface area contributed by atoms with E-state index in [1.54, 1.807) is 18.2 Å². The minimum absolute atomic E-state index is 0.153. The van der Waals surface area contributed by atoms with Gasteiger partial charge in [0.15, 0.2) is 18.1 Å². The summed E-state index contributed by atoms with van der Waals surface area (Å²) < 4.78 is 15.8. The van der Waals surface area contributed by atoms with Gasteiger partial charge in [0.1, 0.15) is 6.54 Å². The third kappa shape index (κ3) is 6.43. The number of hydrogen-bond donors (Lipinski definition) is 1. The summed E-state index contributed by atoms with van der Waals surface area (Å²) in [6, 6.07) is 8.74. The lowest BCUT2D eigenvalue weighted by molar-refractivity contribution is -0.143. The van der Waals surface area contributed by atoms with Crippen molar-refractivity contribution in [3.63, 3.8) is 0 Å². The fraction of sp³-hybridized carbons (Fsp3) is 0.250. The van der Waals surface area contributed by atoms with E-state index in [4.69, 9.17) is 9.47 Å². The smallest absolute Gasteiger partial charge is 0.343 e. The number of carbonyl (C=O) groups is 4. The Hall–Kier alpha value is -3.31. The number of halogens is 1. The highest BCUT2D eigenvalue weighted by Crippen LogP contribution is 2.38. The van der Waals surface area contributed by atoms with Crippen LogP contribution in [0.3, 0.4) is 0 Å². The number of aryl methyl sites for hydroxylation is 2. The zero-order chi connectivity index (χ0) is 25.7. The fourth-order valence-electron chi connectivity index (χ4n) is 3.19. The van der Waals surface area contributed by atoms with E-state index < -0.39 is 29.6 Å². The number of rotatable bonds is 8. The van der Waals surface area contributed by atoms with Crippen molar-refractivity contribution in [3.05, 3.63) is 56.4 Å². The number of ether oxygens (including phenoxy) is 3. The van der Waals surface area contributed by atoms with Crippen molar-refractivity contribution in [1.82, 2.24) is 4.90 Å². The monoisotopic (exact) mass is 562 g/mol. The van der Waals surface area contributed by atoms with Crippen molar-refractivity contribution >= 4 is 62.5 Å². The van der Waals surface area contributed by atoms with Crippen molar-refractivity contribution in [3.8, 4) is 11.5 Å². The van der Waals surface area contributed by atoms with Crippen LogP contribution < -0.4 is 14.8 Å². The summed E-state index contributed by atoms with van der Waals surface area (Å²) in [6.45, 7) is 3.10. The Bertz CT molecular complexity index is 1230. The Morgan fingerprint density at radius 3 is 2.51 bits per heavy atom. The molecule has 0 unspecified atom stereocenters. The Balaban J connectivity index is 1.75. The summed E-state index contributed by atoms with van der Waals surface area (Å²) in [5.74, 6) is -1.00. The topological polar surface area (TPSA) is 111 Å². The van der Waals surface area contributed by atoms with Gasteiger partial charge >= 0.3 is 5.97 Å². The van der Waals surface area contributed by atoms with Gasteiger partial charge in [0.2, 0.25) is 5.91 Å². The predicted molar refractivity (Wildman–Crippen MR) is 135 cm³/mol. The van der Waals surface area contributed by atoms with Gasteiger partial charge in [-0.05, 0) is 61.0 Å². The number of amides is 3. The molecule has 0 spiro atoms. The van der Waals surface area contributed by atoms with Gasteiger partial charge in [-0.3, -0.25) is 19.3 Å². The molecule has 184 valence electrons. The second-order valence-electron chi connectivity index (χ2n) is 7.52. The third-order valence-corrected chi connectivity index (χ3v) is 6.57. The molecule has 35 heavy (non-hydrogen) atoms. The first-order valence-electron chi connectivity index (χ1n) is 10.3. The Morgan fingerprint density at radius 2 is 1.86 bits per heavy atom. The summed E-state index contributed by atoms with van der Waals surface area (Å²) in [5, 5.41) is 2.20. The number of methoxy groups -OCH3 is 2. The number of thioether (sulfide) groups is 1. The predicted octanol–water partition coefficient (Wildman–Crippen LogP) is 4.30. The first kappa shape index (κ1) is 26.3. The lowest BCUT2D eigenvalue weighted by Gasteiger charge is -2.14. The molecule has 9 nitrogen and oxygen atoms in total. The minimum atomic E-state index is -0.576. The van der Waals surface area contributed by atoms with Crippen LogP contribution in [-0.2, 0) is 19.1 Å². The van der Waals surface area contributed by atoms with Crippen molar-refractivity contribution < 1.29 is 33.4 Å². The lowest BCUT2D eigenvalue weighted by atomic mass is 10.1. The molecule has 1 aliphatic heterocycles. The Labute approximate surface area is 214 Å². The summed E-state index contributed by atoms with van der Waals surface area (Å²) in [5.41, 5.74) is 3.10. The van der Waals surface area contributed by atoms with Crippen LogP contribution in [-0.4, -0.2) is 55.3 Å². The van der Waals surface area contributed by atoms with E-state index in [1.165, 1.54) is 20.3 Å². The molecule has 0 bridgehead atoms. The lowest BCUT2D eigenvalue weighted by Crippen LogP contribution is -2.36. The molecule has 3 rings (SSSR count). The van der Waals surface area contributed by atoms with E-state index in [1.807, 2.05) is 26.0 Å². The van der Waals surface area contributed by atoms with Crippen LogP contribution in [0.2, 0.25) is 0 Å². The Morgan fingerprint density at radius 1 is 1.11 bits per heavy atom. The molecule has 0 saturated carbocycles. The second-order valence-corrected chi connectivity index (χ2v) is 9.37. The number of imide groups is 1. The maximum atomic E-state index is 12.9. The van der Waals surface area contributed by atoms with Gasteiger partial charge in [-0.25, -0.2) is 4.79 Å². The van der Waals surface area contributed by atoms with Crippen LogP contribution in [0.25, 0.3) is 6.08 Å². The van der Waals surface area contributed by atoms with E-state index in [9.17, 15) is 19.2 Å². The largest absolute Gasteiger partial charge is 0.493 e. The molecule has 1 N–H and O–H groups in total. The number of anilines is 1. The third-order valence-electron chi connectivity index (χ3n) is 4.97.